The van der Waals surface area contributed by atoms with Crippen LogP contribution in [0.25, 0.3) is 6.08 Å². The smallest absolute Gasteiger partial charge is 0.257 e. The molecular weight excluding hydrogens is 510 g/mol. The third-order valence-electron chi connectivity index (χ3n) is 6.77. The maximum absolute atomic E-state index is 13.3. The zero-order valence-corrected chi connectivity index (χ0v) is 23.6. The van der Waals surface area contributed by atoms with Crippen molar-refractivity contribution in [2.75, 3.05) is 70.6 Å². The molecule has 0 saturated carbocycles. The molecule has 0 atom stereocenters. The van der Waals surface area contributed by atoms with Gasteiger partial charge >= 0.3 is 0 Å². The number of piperazine rings is 1. The van der Waals surface area contributed by atoms with E-state index in [1.54, 1.807) is 48.5 Å². The predicted octanol–water partition coefficient (Wildman–Crippen LogP) is 5.02. The quantitative estimate of drug-likeness (QED) is 0.409. The fourth-order valence-corrected chi connectivity index (χ4v) is 4.65. The monoisotopic (exact) mass is 545 g/mol. The molecule has 4 rings (SSSR count). The van der Waals surface area contributed by atoms with Crippen molar-refractivity contribution in [1.82, 2.24) is 14.7 Å². The van der Waals surface area contributed by atoms with Gasteiger partial charge in [0.25, 0.3) is 11.8 Å². The number of rotatable bonds is 9. The van der Waals surface area contributed by atoms with Crippen LogP contribution in [0, 0.1) is 0 Å². The van der Waals surface area contributed by atoms with E-state index in [9.17, 15) is 9.59 Å². The standard InChI is InChI=1S/C31H36ClN5O2/c1-34(2)16-17-36-18-20-37(21-19-36)29-13-12-26(31(39)35(3)15-14-24-8-5-4-6-9-24)23-28(29)33-30(38)25-10-7-11-27(32)22-25/h4-15,22-23H,16-21H2,1-3H3,(H,33,38). The maximum atomic E-state index is 13.3. The lowest BCUT2D eigenvalue weighted by molar-refractivity contribution is 0.0850. The Morgan fingerprint density at radius 2 is 1.64 bits per heavy atom. The van der Waals surface area contributed by atoms with Gasteiger partial charge in [-0.3, -0.25) is 14.5 Å². The number of benzene rings is 3. The van der Waals surface area contributed by atoms with E-state index < -0.39 is 0 Å². The van der Waals surface area contributed by atoms with Crippen LogP contribution in [0.2, 0.25) is 5.02 Å². The molecule has 7 nitrogen and oxygen atoms in total. The summed E-state index contributed by atoms with van der Waals surface area (Å²) in [6.45, 7) is 5.58. The predicted molar refractivity (Wildman–Crippen MR) is 161 cm³/mol. The van der Waals surface area contributed by atoms with E-state index in [1.165, 1.54) is 0 Å². The van der Waals surface area contributed by atoms with Crippen molar-refractivity contribution in [2.45, 2.75) is 0 Å². The Kier molecular flexibility index (Phi) is 9.76. The van der Waals surface area contributed by atoms with E-state index in [0.717, 1.165) is 50.5 Å². The molecule has 0 unspecified atom stereocenters. The number of hydrogen-bond donors (Lipinski definition) is 1. The minimum absolute atomic E-state index is 0.166. The Morgan fingerprint density at radius 1 is 0.897 bits per heavy atom. The molecule has 1 heterocycles. The summed E-state index contributed by atoms with van der Waals surface area (Å²) >= 11 is 6.13. The van der Waals surface area contributed by atoms with Gasteiger partial charge in [-0.15, -0.1) is 0 Å². The second-order valence-corrected chi connectivity index (χ2v) is 10.4. The third-order valence-corrected chi connectivity index (χ3v) is 7.00. The molecule has 1 fully saturated rings. The number of halogens is 1. The topological polar surface area (TPSA) is 59.1 Å². The summed E-state index contributed by atoms with van der Waals surface area (Å²) in [7, 11) is 5.90. The molecule has 1 aliphatic rings. The second kappa shape index (κ2) is 13.4. The average Bonchev–Trinajstić information content (AvgIpc) is 2.95. The van der Waals surface area contributed by atoms with Gasteiger partial charge in [-0.25, -0.2) is 0 Å². The van der Waals surface area contributed by atoms with Crippen molar-refractivity contribution >= 4 is 40.9 Å². The molecular formula is C31H36ClN5O2. The summed E-state index contributed by atoms with van der Waals surface area (Å²) in [5.41, 5.74) is 3.46. The highest BCUT2D eigenvalue weighted by Crippen LogP contribution is 2.30. The second-order valence-electron chi connectivity index (χ2n) is 9.97. The minimum atomic E-state index is -0.273. The SMILES string of the molecule is CN(C)CCN1CCN(c2ccc(C(=O)N(C)C=Cc3ccccc3)cc2NC(=O)c2cccc(Cl)c2)CC1. The van der Waals surface area contributed by atoms with Crippen molar-refractivity contribution in [3.63, 3.8) is 0 Å². The van der Waals surface area contributed by atoms with E-state index >= 15 is 0 Å². The van der Waals surface area contributed by atoms with E-state index in [1.807, 2.05) is 48.5 Å². The first-order valence-electron chi connectivity index (χ1n) is 13.1. The Balaban J connectivity index is 1.55. The first-order chi connectivity index (χ1) is 18.8. The number of carbonyl (C=O) groups excluding carboxylic acids is 2. The van der Waals surface area contributed by atoms with Gasteiger partial charge in [0.1, 0.15) is 0 Å². The molecule has 0 radical (unpaired) electrons. The van der Waals surface area contributed by atoms with Gasteiger partial charge < -0.3 is 20.0 Å². The molecule has 0 spiro atoms. The first-order valence-corrected chi connectivity index (χ1v) is 13.5. The fraction of sp³-hybridized carbons (Fsp3) is 0.290. The number of nitrogens with zero attached hydrogens (tertiary/aromatic N) is 4. The summed E-state index contributed by atoms with van der Waals surface area (Å²) in [4.78, 5) is 34.9. The maximum Gasteiger partial charge on any atom is 0.257 e. The van der Waals surface area contributed by atoms with Gasteiger partial charge in [0.05, 0.1) is 11.4 Å². The van der Waals surface area contributed by atoms with E-state index in [4.69, 9.17) is 11.6 Å². The fourth-order valence-electron chi connectivity index (χ4n) is 4.46. The van der Waals surface area contributed by atoms with Crippen LogP contribution >= 0.6 is 11.6 Å². The number of carbonyl (C=O) groups is 2. The number of amides is 2. The summed E-state index contributed by atoms with van der Waals surface area (Å²) in [6, 6.07) is 22.2. The lowest BCUT2D eigenvalue weighted by Gasteiger charge is -2.37. The van der Waals surface area contributed by atoms with Gasteiger partial charge in [0, 0.05) is 68.7 Å². The molecule has 3 aromatic rings. The van der Waals surface area contributed by atoms with Crippen LogP contribution in [0.1, 0.15) is 26.3 Å². The Morgan fingerprint density at radius 3 is 2.33 bits per heavy atom. The Labute approximate surface area is 236 Å². The van der Waals surface area contributed by atoms with Crippen LogP contribution in [0.15, 0.2) is 79.0 Å². The molecule has 204 valence electrons. The highest BCUT2D eigenvalue weighted by molar-refractivity contribution is 6.31. The summed E-state index contributed by atoms with van der Waals surface area (Å²) in [5, 5.41) is 3.54. The molecule has 1 saturated heterocycles. The molecule has 0 aromatic heterocycles. The molecule has 1 N–H and O–H groups in total. The van der Waals surface area contributed by atoms with Gasteiger partial charge in [0.15, 0.2) is 0 Å². The molecule has 2 amide bonds. The van der Waals surface area contributed by atoms with E-state index in [0.29, 0.717) is 21.8 Å². The van der Waals surface area contributed by atoms with Gasteiger partial charge in [-0.1, -0.05) is 48.0 Å². The Hall–Kier alpha value is -3.65. The van der Waals surface area contributed by atoms with Crippen LogP contribution in [0.3, 0.4) is 0 Å². The lowest BCUT2D eigenvalue weighted by Crippen LogP contribution is -2.48. The van der Waals surface area contributed by atoms with Crippen molar-refractivity contribution in [2.24, 2.45) is 0 Å². The van der Waals surface area contributed by atoms with Crippen molar-refractivity contribution < 1.29 is 9.59 Å². The molecule has 0 aliphatic carbocycles. The van der Waals surface area contributed by atoms with Crippen LogP contribution in [0.5, 0.6) is 0 Å². The third kappa shape index (κ3) is 7.93. The average molecular weight is 546 g/mol. The van der Waals surface area contributed by atoms with Crippen molar-refractivity contribution in [3.05, 3.63) is 101 Å². The number of likely N-dealkylation sites (N-methyl/N-ethyl adjacent to an activating group) is 1. The summed E-state index contributed by atoms with van der Waals surface area (Å²) < 4.78 is 0. The normalized spacial score (nSPS) is 14.1. The largest absolute Gasteiger partial charge is 0.367 e. The van der Waals surface area contributed by atoms with Gasteiger partial charge in [-0.05, 0) is 62.1 Å². The molecule has 8 heteroatoms. The summed E-state index contributed by atoms with van der Waals surface area (Å²) in [6.07, 6.45) is 3.65. The zero-order chi connectivity index (χ0) is 27.8. The van der Waals surface area contributed by atoms with Crippen molar-refractivity contribution in [1.29, 1.82) is 0 Å². The van der Waals surface area contributed by atoms with Crippen LogP contribution in [-0.2, 0) is 0 Å². The van der Waals surface area contributed by atoms with Crippen LogP contribution < -0.4 is 10.2 Å². The molecule has 0 bridgehead atoms. The van der Waals surface area contributed by atoms with Gasteiger partial charge in [0.2, 0.25) is 0 Å². The van der Waals surface area contributed by atoms with E-state index in [2.05, 4.69) is 34.1 Å². The van der Waals surface area contributed by atoms with Gasteiger partial charge in [-0.2, -0.15) is 0 Å². The molecule has 1 aliphatic heterocycles. The first kappa shape index (κ1) is 28.4. The van der Waals surface area contributed by atoms with Crippen LogP contribution in [0.4, 0.5) is 11.4 Å². The number of anilines is 2. The van der Waals surface area contributed by atoms with Crippen LogP contribution in [-0.4, -0.2) is 86.9 Å². The van der Waals surface area contributed by atoms with Crippen molar-refractivity contribution in [3.8, 4) is 0 Å². The lowest BCUT2D eigenvalue weighted by atomic mass is 10.1. The van der Waals surface area contributed by atoms with E-state index in [-0.39, 0.29) is 11.8 Å². The molecule has 39 heavy (non-hydrogen) atoms. The number of hydrogen-bond acceptors (Lipinski definition) is 5. The molecule has 3 aromatic carbocycles. The highest BCUT2D eigenvalue weighted by atomic mass is 35.5. The number of nitrogens with one attached hydrogen (secondary N) is 1. The Bertz CT molecular complexity index is 1300. The minimum Gasteiger partial charge on any atom is -0.367 e. The highest BCUT2D eigenvalue weighted by Gasteiger charge is 2.22. The summed E-state index contributed by atoms with van der Waals surface area (Å²) in [5.74, 6) is -0.439. The zero-order valence-electron chi connectivity index (χ0n) is 22.8.